The number of Topliss-reactive ketones (excluding diaryl/α,β-unsaturated/α-hetero) is 1. The maximum Gasteiger partial charge on any atom is 0.170 e. The number of carbonyl (C=O) groups is 1. The van der Waals surface area contributed by atoms with Gasteiger partial charge in [-0.1, -0.05) is 42.5 Å². The summed E-state index contributed by atoms with van der Waals surface area (Å²) in [6.07, 6.45) is 2.22. The van der Waals surface area contributed by atoms with Crippen LogP contribution in [0.2, 0.25) is 0 Å². The van der Waals surface area contributed by atoms with E-state index in [1.165, 1.54) is 5.56 Å². The van der Waals surface area contributed by atoms with Crippen LogP contribution in [-0.2, 0) is 6.42 Å². The molecule has 1 aliphatic rings. The molecule has 2 heteroatoms. The zero-order valence-electron chi connectivity index (χ0n) is 11.6. The van der Waals surface area contributed by atoms with Gasteiger partial charge in [0.05, 0.1) is 12.0 Å². The lowest BCUT2D eigenvalue weighted by Crippen LogP contribution is -2.39. The largest absolute Gasteiger partial charge is 0.486 e. The Morgan fingerprint density at radius 2 is 1.75 bits per heavy atom. The van der Waals surface area contributed by atoms with E-state index >= 15 is 0 Å². The van der Waals surface area contributed by atoms with Gasteiger partial charge in [-0.25, -0.2) is 0 Å². The minimum Gasteiger partial charge on any atom is -0.486 e. The maximum absolute atomic E-state index is 12.2. The monoisotopic (exact) mass is 266 g/mol. The Morgan fingerprint density at radius 3 is 2.55 bits per heavy atom. The molecule has 0 aliphatic carbocycles. The van der Waals surface area contributed by atoms with Crippen LogP contribution in [0.1, 0.15) is 35.7 Å². The molecule has 20 heavy (non-hydrogen) atoms. The summed E-state index contributed by atoms with van der Waals surface area (Å²) < 4.78 is 6.09. The van der Waals surface area contributed by atoms with Crippen LogP contribution >= 0.6 is 0 Å². The lowest BCUT2D eigenvalue weighted by molar-refractivity contribution is 0.0471. The first-order chi connectivity index (χ1) is 9.66. The van der Waals surface area contributed by atoms with Crippen molar-refractivity contribution >= 4 is 5.78 Å². The number of ether oxygens (including phenoxy) is 1. The minimum atomic E-state index is -0.402. The number of hydrogen-bond acceptors (Lipinski definition) is 2. The normalized spacial score (nSPS) is 21.1. The van der Waals surface area contributed by atoms with E-state index in [9.17, 15) is 4.79 Å². The van der Waals surface area contributed by atoms with E-state index in [2.05, 4.69) is 12.1 Å². The number of para-hydroxylation sites is 1. The second-order valence-corrected chi connectivity index (χ2v) is 5.63. The van der Waals surface area contributed by atoms with Gasteiger partial charge in [0.2, 0.25) is 0 Å². The van der Waals surface area contributed by atoms with Crippen LogP contribution in [0, 0.1) is 0 Å². The Balaban J connectivity index is 1.76. The van der Waals surface area contributed by atoms with Crippen molar-refractivity contribution in [1.29, 1.82) is 0 Å². The quantitative estimate of drug-likeness (QED) is 0.838. The van der Waals surface area contributed by atoms with Crippen LogP contribution in [0.3, 0.4) is 0 Å². The molecular weight excluding hydrogens is 248 g/mol. The van der Waals surface area contributed by atoms with Crippen molar-refractivity contribution in [3.63, 3.8) is 0 Å². The highest BCUT2D eigenvalue weighted by Gasteiger charge is 2.35. The van der Waals surface area contributed by atoms with Gasteiger partial charge in [0.15, 0.2) is 5.78 Å². The summed E-state index contributed by atoms with van der Waals surface area (Å²) in [6, 6.07) is 17.8. The van der Waals surface area contributed by atoms with Gasteiger partial charge in [-0.15, -0.1) is 0 Å². The fraction of sp³-hybridized carbons (Fsp3) is 0.278. The van der Waals surface area contributed by atoms with Gasteiger partial charge in [0.25, 0.3) is 0 Å². The van der Waals surface area contributed by atoms with Crippen LogP contribution in [-0.4, -0.2) is 11.4 Å². The first-order valence-electron chi connectivity index (χ1n) is 7.01. The van der Waals surface area contributed by atoms with Crippen LogP contribution in [0.25, 0.3) is 0 Å². The van der Waals surface area contributed by atoms with Gasteiger partial charge >= 0.3 is 0 Å². The Morgan fingerprint density at radius 1 is 1.05 bits per heavy atom. The van der Waals surface area contributed by atoms with E-state index < -0.39 is 5.60 Å². The predicted octanol–water partition coefficient (Wildman–Crippen LogP) is 4.04. The van der Waals surface area contributed by atoms with E-state index in [0.717, 1.165) is 18.6 Å². The van der Waals surface area contributed by atoms with Crippen molar-refractivity contribution in [3.8, 4) is 5.75 Å². The van der Waals surface area contributed by atoms with E-state index in [1.807, 2.05) is 49.4 Å². The van der Waals surface area contributed by atoms with E-state index in [1.54, 1.807) is 0 Å². The molecule has 1 heterocycles. The average Bonchev–Trinajstić information content (AvgIpc) is 2.46. The molecule has 0 amide bonds. The molecular formula is C18H18O2. The summed E-state index contributed by atoms with van der Waals surface area (Å²) in [6.45, 7) is 2.03. The Bertz CT molecular complexity index is 618. The zero-order chi connectivity index (χ0) is 14.0. The van der Waals surface area contributed by atoms with Gasteiger partial charge in [0, 0.05) is 0 Å². The SMILES string of the molecule is CC1(CCc2ccccc2)CC(=O)c2ccccc2O1. The van der Waals surface area contributed by atoms with Gasteiger partial charge < -0.3 is 4.74 Å². The number of fused-ring (bicyclic) bond motifs is 1. The van der Waals surface area contributed by atoms with E-state index in [0.29, 0.717) is 12.0 Å². The van der Waals surface area contributed by atoms with Crippen LogP contribution < -0.4 is 4.74 Å². The van der Waals surface area contributed by atoms with E-state index in [-0.39, 0.29) is 5.78 Å². The number of carbonyl (C=O) groups excluding carboxylic acids is 1. The molecule has 0 aromatic heterocycles. The average molecular weight is 266 g/mol. The molecule has 2 nitrogen and oxygen atoms in total. The summed E-state index contributed by atoms with van der Waals surface area (Å²) >= 11 is 0. The summed E-state index contributed by atoms with van der Waals surface area (Å²) in [5, 5.41) is 0. The lowest BCUT2D eigenvalue weighted by atomic mass is 9.87. The zero-order valence-corrected chi connectivity index (χ0v) is 11.6. The van der Waals surface area contributed by atoms with Crippen LogP contribution in [0.5, 0.6) is 5.75 Å². The van der Waals surface area contributed by atoms with Crippen molar-refractivity contribution in [2.45, 2.75) is 31.8 Å². The fourth-order valence-electron chi connectivity index (χ4n) is 2.72. The molecule has 1 aliphatic heterocycles. The highest BCUT2D eigenvalue weighted by Crippen LogP contribution is 2.35. The highest BCUT2D eigenvalue weighted by molar-refractivity contribution is 6.00. The van der Waals surface area contributed by atoms with Crippen molar-refractivity contribution in [2.24, 2.45) is 0 Å². The van der Waals surface area contributed by atoms with Crippen molar-refractivity contribution in [2.75, 3.05) is 0 Å². The Hall–Kier alpha value is -2.09. The number of ketones is 1. The van der Waals surface area contributed by atoms with E-state index in [4.69, 9.17) is 4.74 Å². The first kappa shape index (κ1) is 12.9. The fourth-order valence-corrected chi connectivity index (χ4v) is 2.72. The molecule has 3 rings (SSSR count). The topological polar surface area (TPSA) is 26.3 Å². The lowest BCUT2D eigenvalue weighted by Gasteiger charge is -2.35. The van der Waals surface area contributed by atoms with Crippen LogP contribution in [0.15, 0.2) is 54.6 Å². The number of hydrogen-bond donors (Lipinski definition) is 0. The third kappa shape index (κ3) is 2.60. The molecule has 102 valence electrons. The minimum absolute atomic E-state index is 0.183. The third-order valence-corrected chi connectivity index (χ3v) is 3.86. The number of benzene rings is 2. The molecule has 0 fully saturated rings. The van der Waals surface area contributed by atoms with Crippen molar-refractivity contribution < 1.29 is 9.53 Å². The summed E-state index contributed by atoms with van der Waals surface area (Å²) in [5.41, 5.74) is 1.59. The second kappa shape index (κ2) is 5.12. The molecule has 1 unspecified atom stereocenters. The highest BCUT2D eigenvalue weighted by atomic mass is 16.5. The molecule has 2 aromatic rings. The summed E-state index contributed by atoms with van der Waals surface area (Å²) in [4.78, 5) is 12.2. The van der Waals surface area contributed by atoms with Gasteiger partial charge in [-0.05, 0) is 37.5 Å². The molecule has 0 spiro atoms. The third-order valence-electron chi connectivity index (χ3n) is 3.86. The summed E-state index contributed by atoms with van der Waals surface area (Å²) in [5.74, 6) is 0.904. The van der Waals surface area contributed by atoms with Crippen molar-refractivity contribution in [1.82, 2.24) is 0 Å². The molecule has 0 saturated heterocycles. The number of rotatable bonds is 3. The first-order valence-corrected chi connectivity index (χ1v) is 7.01. The molecule has 0 N–H and O–H groups in total. The van der Waals surface area contributed by atoms with Gasteiger partial charge in [-0.2, -0.15) is 0 Å². The second-order valence-electron chi connectivity index (χ2n) is 5.63. The summed E-state index contributed by atoms with van der Waals surface area (Å²) in [7, 11) is 0. The number of aryl methyl sites for hydroxylation is 1. The predicted molar refractivity (Wildman–Crippen MR) is 79.2 cm³/mol. The molecule has 1 atom stereocenters. The van der Waals surface area contributed by atoms with Crippen LogP contribution in [0.4, 0.5) is 0 Å². The molecule has 0 saturated carbocycles. The Labute approximate surface area is 119 Å². The molecule has 0 bridgehead atoms. The molecule has 0 radical (unpaired) electrons. The standard InChI is InChI=1S/C18H18O2/c1-18(12-11-14-7-3-2-4-8-14)13-16(19)15-9-5-6-10-17(15)20-18/h2-10H,11-13H2,1H3. The molecule has 2 aromatic carbocycles. The smallest absolute Gasteiger partial charge is 0.170 e. The Kier molecular flexibility index (Phi) is 3.31. The maximum atomic E-state index is 12.2. The van der Waals surface area contributed by atoms with Gasteiger partial charge in [0.1, 0.15) is 11.4 Å². The van der Waals surface area contributed by atoms with Gasteiger partial charge in [-0.3, -0.25) is 4.79 Å². The van der Waals surface area contributed by atoms with Crippen molar-refractivity contribution in [3.05, 3.63) is 65.7 Å².